The van der Waals surface area contributed by atoms with Crippen molar-refractivity contribution in [1.29, 1.82) is 0 Å². The molecule has 6 heteroatoms. The summed E-state index contributed by atoms with van der Waals surface area (Å²) in [5, 5.41) is 16.8. The molecule has 150 valence electrons. The minimum atomic E-state index is -0.967. The fraction of sp³-hybridized carbons (Fsp3) is 0.409. The summed E-state index contributed by atoms with van der Waals surface area (Å²) in [4.78, 5) is 35.3. The first kappa shape index (κ1) is 21.4. The number of aliphatic carboxylic acids is 1. The van der Waals surface area contributed by atoms with E-state index < -0.39 is 17.8 Å². The van der Waals surface area contributed by atoms with Gasteiger partial charge in [-0.2, -0.15) is 0 Å². The van der Waals surface area contributed by atoms with E-state index in [1.54, 1.807) is 0 Å². The van der Waals surface area contributed by atoms with Gasteiger partial charge in [0.05, 0.1) is 12.5 Å². The normalized spacial score (nSPS) is 12.4. The van der Waals surface area contributed by atoms with E-state index in [9.17, 15) is 19.5 Å². The molecule has 2 aromatic carbocycles. The summed E-state index contributed by atoms with van der Waals surface area (Å²) in [5.74, 6) is -2.30. The van der Waals surface area contributed by atoms with Gasteiger partial charge in [0.15, 0.2) is 0 Å². The van der Waals surface area contributed by atoms with Crippen LogP contribution in [0.3, 0.4) is 0 Å². The van der Waals surface area contributed by atoms with Crippen LogP contribution in [0.4, 0.5) is 0 Å². The monoisotopic (exact) mass is 384 g/mol. The van der Waals surface area contributed by atoms with Gasteiger partial charge in [0, 0.05) is 13.0 Å². The first-order valence-electron chi connectivity index (χ1n) is 9.38. The summed E-state index contributed by atoms with van der Waals surface area (Å²) in [6.45, 7) is 5.68. The summed E-state index contributed by atoms with van der Waals surface area (Å²) in [6.07, 6.45) is 0.636. The third-order valence-electron chi connectivity index (χ3n) is 4.33. The molecule has 0 saturated carbocycles. The maximum Gasteiger partial charge on any atom is 0.308 e. The highest BCUT2D eigenvalue weighted by atomic mass is 16.4. The highest BCUT2D eigenvalue weighted by molar-refractivity contribution is 5.85. The Balaban J connectivity index is 1.87. The molecule has 0 radical (unpaired) electrons. The Bertz CT molecular complexity index is 855. The molecule has 28 heavy (non-hydrogen) atoms. The van der Waals surface area contributed by atoms with E-state index >= 15 is 0 Å². The smallest absolute Gasteiger partial charge is 0.308 e. The second-order valence-corrected chi connectivity index (χ2v) is 8.24. The van der Waals surface area contributed by atoms with Crippen LogP contribution in [0.5, 0.6) is 0 Å². The molecule has 1 unspecified atom stereocenters. The molecule has 0 heterocycles. The zero-order valence-corrected chi connectivity index (χ0v) is 16.6. The molecule has 6 nitrogen and oxygen atoms in total. The maximum atomic E-state index is 11.9. The first-order valence-corrected chi connectivity index (χ1v) is 9.38. The molecular weight excluding hydrogens is 356 g/mol. The Kier molecular flexibility index (Phi) is 7.15. The molecule has 0 aliphatic heterocycles. The number of fused-ring (bicyclic) bond motifs is 1. The van der Waals surface area contributed by atoms with E-state index in [2.05, 4.69) is 10.6 Å². The van der Waals surface area contributed by atoms with Gasteiger partial charge < -0.3 is 15.7 Å². The minimum Gasteiger partial charge on any atom is -0.481 e. The Hall–Kier alpha value is -2.89. The number of carbonyl (C=O) groups excluding carboxylic acids is 2. The molecular formula is C22H28N2O4. The van der Waals surface area contributed by atoms with Crippen molar-refractivity contribution in [2.75, 3.05) is 13.1 Å². The number of nitrogens with one attached hydrogen (secondary N) is 2. The predicted octanol–water partition coefficient (Wildman–Crippen LogP) is 2.75. The van der Waals surface area contributed by atoms with E-state index in [1.165, 1.54) is 0 Å². The lowest BCUT2D eigenvalue weighted by molar-refractivity contribution is -0.141. The minimum absolute atomic E-state index is 0.0101. The van der Waals surface area contributed by atoms with Gasteiger partial charge in [0.2, 0.25) is 11.8 Å². The van der Waals surface area contributed by atoms with Gasteiger partial charge in [-0.15, -0.1) is 0 Å². The van der Waals surface area contributed by atoms with Gasteiger partial charge in [-0.25, -0.2) is 0 Å². The lowest BCUT2D eigenvalue weighted by Gasteiger charge is -2.17. The molecule has 2 amide bonds. The standard InChI is InChI=1S/C22H28N2O4/c1-22(2,3)12-19(25)24-14-20(26)23-13-18(21(27)28)11-15-8-9-16-6-4-5-7-17(16)10-15/h4-10,18H,11-14H2,1-3H3,(H,23,26)(H,24,25)(H,27,28). The number of carboxylic acids is 1. The average molecular weight is 384 g/mol. The molecule has 1 atom stereocenters. The van der Waals surface area contributed by atoms with Crippen molar-refractivity contribution in [3.63, 3.8) is 0 Å². The molecule has 2 aromatic rings. The summed E-state index contributed by atoms with van der Waals surface area (Å²) in [6, 6.07) is 13.7. The van der Waals surface area contributed by atoms with E-state index in [0.717, 1.165) is 16.3 Å². The van der Waals surface area contributed by atoms with Gasteiger partial charge in [-0.3, -0.25) is 14.4 Å². The van der Waals surface area contributed by atoms with Crippen molar-refractivity contribution < 1.29 is 19.5 Å². The van der Waals surface area contributed by atoms with Crippen molar-refractivity contribution >= 4 is 28.6 Å². The lowest BCUT2D eigenvalue weighted by Crippen LogP contribution is -2.41. The van der Waals surface area contributed by atoms with Gasteiger partial charge in [-0.1, -0.05) is 63.2 Å². The second kappa shape index (κ2) is 9.35. The molecule has 2 rings (SSSR count). The summed E-state index contributed by atoms with van der Waals surface area (Å²) in [7, 11) is 0. The molecule has 0 aromatic heterocycles. The molecule has 0 spiro atoms. The number of benzene rings is 2. The highest BCUT2D eigenvalue weighted by Crippen LogP contribution is 2.18. The van der Waals surface area contributed by atoms with Crippen LogP contribution in [0.2, 0.25) is 0 Å². The van der Waals surface area contributed by atoms with Crippen LogP contribution < -0.4 is 10.6 Å². The van der Waals surface area contributed by atoms with Crippen molar-refractivity contribution in [1.82, 2.24) is 10.6 Å². The van der Waals surface area contributed by atoms with E-state index in [0.29, 0.717) is 12.8 Å². The van der Waals surface area contributed by atoms with Gasteiger partial charge in [0.25, 0.3) is 0 Å². The van der Waals surface area contributed by atoms with Gasteiger partial charge in [-0.05, 0) is 28.2 Å². The number of rotatable bonds is 8. The number of carboxylic acid groups (broad SMARTS) is 1. The largest absolute Gasteiger partial charge is 0.481 e. The van der Waals surface area contributed by atoms with Crippen LogP contribution in [0.15, 0.2) is 42.5 Å². The van der Waals surface area contributed by atoms with Crippen LogP contribution in [0.1, 0.15) is 32.8 Å². The number of carbonyl (C=O) groups is 3. The predicted molar refractivity (Wildman–Crippen MR) is 109 cm³/mol. The fourth-order valence-corrected chi connectivity index (χ4v) is 2.92. The van der Waals surface area contributed by atoms with Crippen LogP contribution in [0, 0.1) is 11.3 Å². The third-order valence-corrected chi connectivity index (χ3v) is 4.33. The van der Waals surface area contributed by atoms with Crippen molar-refractivity contribution in [3.05, 3.63) is 48.0 Å². The molecule has 0 saturated heterocycles. The number of hydrogen-bond acceptors (Lipinski definition) is 3. The van der Waals surface area contributed by atoms with Crippen molar-refractivity contribution in [2.24, 2.45) is 11.3 Å². The Morgan fingerprint density at radius 3 is 2.29 bits per heavy atom. The second-order valence-electron chi connectivity index (χ2n) is 8.24. The summed E-state index contributed by atoms with van der Waals surface area (Å²) >= 11 is 0. The van der Waals surface area contributed by atoms with E-state index in [-0.39, 0.29) is 24.4 Å². The van der Waals surface area contributed by atoms with Crippen LogP contribution in [-0.2, 0) is 20.8 Å². The Morgan fingerprint density at radius 1 is 0.964 bits per heavy atom. The fourth-order valence-electron chi connectivity index (χ4n) is 2.92. The molecule has 0 aliphatic carbocycles. The quantitative estimate of drug-likeness (QED) is 0.652. The topological polar surface area (TPSA) is 95.5 Å². The van der Waals surface area contributed by atoms with E-state index in [1.807, 2.05) is 63.2 Å². The molecule has 0 fully saturated rings. The van der Waals surface area contributed by atoms with Crippen molar-refractivity contribution in [3.8, 4) is 0 Å². The number of hydrogen-bond donors (Lipinski definition) is 3. The Labute approximate surface area is 165 Å². The van der Waals surface area contributed by atoms with E-state index in [4.69, 9.17) is 0 Å². The maximum absolute atomic E-state index is 11.9. The van der Waals surface area contributed by atoms with Gasteiger partial charge in [0.1, 0.15) is 0 Å². The van der Waals surface area contributed by atoms with Crippen LogP contribution >= 0.6 is 0 Å². The zero-order chi connectivity index (χ0) is 20.7. The molecule has 0 aliphatic rings. The SMILES string of the molecule is CC(C)(C)CC(=O)NCC(=O)NCC(Cc1ccc2ccccc2c1)C(=O)O. The van der Waals surface area contributed by atoms with Crippen molar-refractivity contribution in [2.45, 2.75) is 33.6 Å². The highest BCUT2D eigenvalue weighted by Gasteiger charge is 2.20. The average Bonchev–Trinajstić information content (AvgIpc) is 2.61. The zero-order valence-electron chi connectivity index (χ0n) is 16.6. The molecule has 3 N–H and O–H groups in total. The first-order chi connectivity index (χ1) is 13.1. The van der Waals surface area contributed by atoms with Crippen LogP contribution in [-0.4, -0.2) is 36.0 Å². The Morgan fingerprint density at radius 2 is 1.64 bits per heavy atom. The third kappa shape index (κ3) is 7.02. The molecule has 0 bridgehead atoms. The summed E-state index contributed by atoms with van der Waals surface area (Å²) in [5.41, 5.74) is 0.744. The number of amides is 2. The van der Waals surface area contributed by atoms with Crippen LogP contribution in [0.25, 0.3) is 10.8 Å². The lowest BCUT2D eigenvalue weighted by atomic mass is 9.92. The summed E-state index contributed by atoms with van der Waals surface area (Å²) < 4.78 is 0. The van der Waals surface area contributed by atoms with Gasteiger partial charge >= 0.3 is 5.97 Å².